The van der Waals surface area contributed by atoms with E-state index in [2.05, 4.69) is 6.92 Å². The van der Waals surface area contributed by atoms with Crippen molar-refractivity contribution in [3.8, 4) is 0 Å². The van der Waals surface area contributed by atoms with E-state index < -0.39 is 17.5 Å². The van der Waals surface area contributed by atoms with Crippen LogP contribution in [-0.4, -0.2) is 12.7 Å². The Bertz CT molecular complexity index is 1070. The first-order valence-corrected chi connectivity index (χ1v) is 11.1. The van der Waals surface area contributed by atoms with Gasteiger partial charge in [-0.15, -0.1) is 0 Å². The third kappa shape index (κ3) is 3.82. The summed E-state index contributed by atoms with van der Waals surface area (Å²) in [6.45, 7) is 4.40. The quantitative estimate of drug-likeness (QED) is 0.362. The Kier molecular flexibility index (Phi) is 6.31. The van der Waals surface area contributed by atoms with E-state index in [1.807, 2.05) is 0 Å². The van der Waals surface area contributed by atoms with Gasteiger partial charge in [0, 0.05) is 6.61 Å². The van der Waals surface area contributed by atoms with E-state index in [4.69, 9.17) is 20.8 Å². The van der Waals surface area contributed by atoms with Crippen molar-refractivity contribution in [2.75, 3.05) is 6.61 Å². The largest absolute Gasteiger partial charge is 0.456 e. The molecule has 3 aromatic rings. The summed E-state index contributed by atoms with van der Waals surface area (Å²) in [6.07, 6.45) is 7.12. The highest BCUT2D eigenvalue weighted by Gasteiger charge is 2.29. The molecule has 0 bridgehead atoms. The van der Waals surface area contributed by atoms with Gasteiger partial charge < -0.3 is 9.15 Å². The van der Waals surface area contributed by atoms with Crippen LogP contribution in [-0.2, 0) is 4.74 Å². The number of halogens is 4. The molecule has 0 N–H and O–H groups in total. The predicted molar refractivity (Wildman–Crippen MR) is 114 cm³/mol. The van der Waals surface area contributed by atoms with Crippen LogP contribution in [0.2, 0.25) is 5.02 Å². The monoisotopic (exact) mass is 438 g/mol. The highest BCUT2D eigenvalue weighted by molar-refractivity contribution is 6.33. The summed E-state index contributed by atoms with van der Waals surface area (Å²) in [5.74, 6) is -2.76. The number of benzene rings is 2. The lowest BCUT2D eigenvalue weighted by molar-refractivity contribution is 0.0227. The number of furan rings is 1. The van der Waals surface area contributed by atoms with E-state index in [1.54, 1.807) is 6.07 Å². The topological polar surface area (TPSA) is 22.4 Å². The molecule has 2 nitrogen and oxygen atoms in total. The molecule has 1 heterocycles. The molecule has 0 radical (unpaired) electrons. The standard InChI is InChI=1S/C24H26ClF3O2/c1-3-4-5-10-29-15-8-6-14(7-9-15)16-12-18-19(23(27)21(16)25)20-17(30-18)11-13(2)22(26)24(20)28/h11-12,14-15H,3-10H2,1-2H3. The molecular weight excluding hydrogens is 413 g/mol. The number of unbranched alkanes of at least 4 members (excludes halogenated alkanes) is 2. The Morgan fingerprint density at radius 2 is 1.63 bits per heavy atom. The molecule has 4 rings (SSSR count). The average Bonchev–Trinajstić information content (AvgIpc) is 3.11. The molecule has 6 heteroatoms. The van der Waals surface area contributed by atoms with Crippen LogP contribution in [0.3, 0.4) is 0 Å². The summed E-state index contributed by atoms with van der Waals surface area (Å²) in [7, 11) is 0. The zero-order chi connectivity index (χ0) is 21.4. The zero-order valence-electron chi connectivity index (χ0n) is 17.3. The first-order valence-electron chi connectivity index (χ1n) is 10.7. The zero-order valence-corrected chi connectivity index (χ0v) is 18.1. The second-order valence-electron chi connectivity index (χ2n) is 8.32. The van der Waals surface area contributed by atoms with Gasteiger partial charge in [-0.05, 0) is 68.2 Å². The molecule has 1 aliphatic rings. The number of rotatable bonds is 6. The molecule has 0 amide bonds. The Balaban J connectivity index is 1.61. The van der Waals surface area contributed by atoms with Crippen LogP contribution in [0, 0.1) is 24.4 Å². The average molecular weight is 439 g/mol. The molecule has 30 heavy (non-hydrogen) atoms. The fourth-order valence-corrected chi connectivity index (χ4v) is 4.83. The van der Waals surface area contributed by atoms with E-state index in [-0.39, 0.29) is 44.5 Å². The molecule has 1 aliphatic carbocycles. The summed E-state index contributed by atoms with van der Waals surface area (Å²) >= 11 is 6.38. The minimum atomic E-state index is -1.10. The highest BCUT2D eigenvalue weighted by Crippen LogP contribution is 2.43. The summed E-state index contributed by atoms with van der Waals surface area (Å²) in [5.41, 5.74) is 1.10. The van der Waals surface area contributed by atoms with Crippen molar-refractivity contribution >= 4 is 33.5 Å². The maximum Gasteiger partial charge on any atom is 0.170 e. The molecule has 0 unspecified atom stereocenters. The second kappa shape index (κ2) is 8.80. The molecule has 162 valence electrons. The van der Waals surface area contributed by atoms with Gasteiger partial charge in [0.05, 0.1) is 21.9 Å². The smallest absolute Gasteiger partial charge is 0.170 e. The lowest BCUT2D eigenvalue weighted by atomic mass is 9.82. The van der Waals surface area contributed by atoms with Crippen LogP contribution in [0.1, 0.15) is 68.9 Å². The van der Waals surface area contributed by atoms with Crippen molar-refractivity contribution in [2.24, 2.45) is 0 Å². The van der Waals surface area contributed by atoms with Crippen molar-refractivity contribution in [3.05, 3.63) is 45.7 Å². The highest BCUT2D eigenvalue weighted by atomic mass is 35.5. The number of hydrogen-bond donors (Lipinski definition) is 0. The van der Waals surface area contributed by atoms with E-state index in [1.165, 1.54) is 25.8 Å². The fraction of sp³-hybridized carbons (Fsp3) is 0.500. The lowest BCUT2D eigenvalue weighted by Gasteiger charge is -2.29. The van der Waals surface area contributed by atoms with Gasteiger partial charge in [-0.25, -0.2) is 13.2 Å². The van der Waals surface area contributed by atoms with Gasteiger partial charge in [-0.3, -0.25) is 0 Å². The predicted octanol–water partition coefficient (Wildman–Crippen LogP) is 8.20. The first kappa shape index (κ1) is 21.5. The maximum atomic E-state index is 15.2. The summed E-state index contributed by atoms with van der Waals surface area (Å²) in [6, 6.07) is 3.09. The number of hydrogen-bond acceptors (Lipinski definition) is 2. The van der Waals surface area contributed by atoms with Crippen molar-refractivity contribution in [3.63, 3.8) is 0 Å². The summed E-state index contributed by atoms with van der Waals surface area (Å²) < 4.78 is 55.4. The Hall–Kier alpha value is -1.72. The normalized spacial score (nSPS) is 19.8. The SMILES string of the molecule is CCCCCOC1CCC(c2cc3oc4cc(C)c(F)c(F)c4c3c(F)c2Cl)CC1. The van der Waals surface area contributed by atoms with Gasteiger partial charge in [0.25, 0.3) is 0 Å². The van der Waals surface area contributed by atoms with Crippen LogP contribution in [0.5, 0.6) is 0 Å². The molecule has 1 saturated carbocycles. The first-order chi connectivity index (χ1) is 14.4. The van der Waals surface area contributed by atoms with E-state index >= 15 is 4.39 Å². The molecule has 2 aromatic carbocycles. The molecule has 1 fully saturated rings. The van der Waals surface area contributed by atoms with Gasteiger partial charge in [0.2, 0.25) is 0 Å². The van der Waals surface area contributed by atoms with E-state index in [9.17, 15) is 8.78 Å². The molecule has 0 saturated heterocycles. The van der Waals surface area contributed by atoms with Gasteiger partial charge >= 0.3 is 0 Å². The minimum Gasteiger partial charge on any atom is -0.456 e. The summed E-state index contributed by atoms with van der Waals surface area (Å²) in [5, 5.41) is -0.316. The van der Waals surface area contributed by atoms with Crippen LogP contribution < -0.4 is 0 Å². The van der Waals surface area contributed by atoms with Crippen LogP contribution in [0.15, 0.2) is 16.5 Å². The van der Waals surface area contributed by atoms with Gasteiger partial charge in [-0.1, -0.05) is 31.4 Å². The molecule has 0 atom stereocenters. The van der Waals surface area contributed by atoms with Crippen molar-refractivity contribution in [2.45, 2.75) is 70.8 Å². The van der Waals surface area contributed by atoms with Crippen LogP contribution in [0.25, 0.3) is 21.9 Å². The number of ether oxygens (including phenoxy) is 1. The summed E-state index contributed by atoms with van der Waals surface area (Å²) in [4.78, 5) is 0. The molecule has 0 aliphatic heterocycles. The number of fused-ring (bicyclic) bond motifs is 3. The van der Waals surface area contributed by atoms with Gasteiger partial charge in [-0.2, -0.15) is 0 Å². The van der Waals surface area contributed by atoms with Crippen molar-refractivity contribution in [1.82, 2.24) is 0 Å². The van der Waals surface area contributed by atoms with E-state index in [0.717, 1.165) is 38.7 Å². The van der Waals surface area contributed by atoms with E-state index in [0.29, 0.717) is 5.56 Å². The Morgan fingerprint density at radius 1 is 0.967 bits per heavy atom. The van der Waals surface area contributed by atoms with Crippen molar-refractivity contribution < 1.29 is 22.3 Å². The maximum absolute atomic E-state index is 15.2. The van der Waals surface area contributed by atoms with Crippen LogP contribution >= 0.6 is 11.6 Å². The van der Waals surface area contributed by atoms with Crippen LogP contribution in [0.4, 0.5) is 13.2 Å². The molecular formula is C24H26ClF3O2. The Morgan fingerprint density at radius 3 is 2.33 bits per heavy atom. The Labute approximate surface area is 179 Å². The second-order valence-corrected chi connectivity index (χ2v) is 8.69. The molecule has 1 aromatic heterocycles. The number of aryl methyl sites for hydroxylation is 1. The fourth-order valence-electron chi connectivity index (χ4n) is 4.53. The van der Waals surface area contributed by atoms with Crippen molar-refractivity contribution in [1.29, 1.82) is 0 Å². The molecule has 0 spiro atoms. The third-order valence-electron chi connectivity index (χ3n) is 6.24. The van der Waals surface area contributed by atoms with Gasteiger partial charge in [0.1, 0.15) is 11.2 Å². The van der Waals surface area contributed by atoms with Gasteiger partial charge in [0.15, 0.2) is 17.5 Å². The third-order valence-corrected chi connectivity index (χ3v) is 6.62. The lowest BCUT2D eigenvalue weighted by Crippen LogP contribution is -2.21. The minimum absolute atomic E-state index is 0.0297.